The van der Waals surface area contributed by atoms with Crippen LogP contribution in [0.4, 0.5) is 5.69 Å². The van der Waals surface area contributed by atoms with Crippen molar-refractivity contribution >= 4 is 17.5 Å². The molecule has 2 amide bonds. The van der Waals surface area contributed by atoms with Crippen LogP contribution in [0.25, 0.3) is 11.3 Å². The predicted molar refractivity (Wildman–Crippen MR) is 98.9 cm³/mol. The first-order chi connectivity index (χ1) is 12.6. The first-order valence-electron chi connectivity index (χ1n) is 9.08. The number of furan rings is 1. The topological polar surface area (TPSA) is 74.6 Å². The molecule has 4 rings (SSSR count). The Kier molecular flexibility index (Phi) is 4.51. The monoisotopic (exact) mass is 353 g/mol. The highest BCUT2D eigenvalue weighted by atomic mass is 16.4. The van der Waals surface area contributed by atoms with E-state index in [1.807, 2.05) is 24.3 Å². The summed E-state index contributed by atoms with van der Waals surface area (Å²) in [7, 11) is 0. The van der Waals surface area contributed by atoms with Crippen LogP contribution in [-0.2, 0) is 4.79 Å². The maximum Gasteiger partial charge on any atom is 0.287 e. The molecule has 2 aromatic rings. The summed E-state index contributed by atoms with van der Waals surface area (Å²) in [4.78, 5) is 26.4. The Balaban J connectivity index is 1.48. The predicted octanol–water partition coefficient (Wildman–Crippen LogP) is 2.73. The Morgan fingerprint density at radius 2 is 2.00 bits per heavy atom. The molecule has 0 aliphatic carbocycles. The van der Waals surface area contributed by atoms with Crippen molar-refractivity contribution in [1.29, 1.82) is 0 Å². The first-order valence-corrected chi connectivity index (χ1v) is 9.08. The van der Waals surface area contributed by atoms with E-state index >= 15 is 0 Å². The van der Waals surface area contributed by atoms with Crippen LogP contribution in [0.5, 0.6) is 0 Å². The lowest BCUT2D eigenvalue weighted by molar-refractivity contribution is -0.114. The maximum atomic E-state index is 12.6. The van der Waals surface area contributed by atoms with Crippen molar-refractivity contribution in [2.24, 2.45) is 5.92 Å². The number of anilines is 1. The Morgan fingerprint density at radius 3 is 2.81 bits per heavy atom. The molecule has 1 unspecified atom stereocenters. The van der Waals surface area contributed by atoms with E-state index in [9.17, 15) is 9.59 Å². The van der Waals surface area contributed by atoms with Crippen LogP contribution in [0.3, 0.4) is 0 Å². The maximum absolute atomic E-state index is 12.6. The molecular weight excluding hydrogens is 330 g/mol. The summed E-state index contributed by atoms with van der Waals surface area (Å²) in [6.07, 6.45) is 2.28. The molecule has 6 nitrogen and oxygen atoms in total. The molecule has 3 heterocycles. The van der Waals surface area contributed by atoms with Gasteiger partial charge in [0.2, 0.25) is 5.91 Å². The number of benzene rings is 1. The third-order valence-corrected chi connectivity index (χ3v) is 5.13. The second kappa shape index (κ2) is 6.96. The van der Waals surface area contributed by atoms with Crippen LogP contribution in [0.15, 0.2) is 40.8 Å². The Bertz CT molecular complexity index is 817. The van der Waals surface area contributed by atoms with Gasteiger partial charge in [0.15, 0.2) is 5.76 Å². The zero-order valence-corrected chi connectivity index (χ0v) is 14.8. The number of carbonyl (C=O) groups excluding carboxylic acids is 2. The third-order valence-electron chi connectivity index (χ3n) is 5.13. The number of nitrogens with zero attached hydrogens (tertiary/aromatic N) is 1. The molecule has 3 atom stereocenters. The summed E-state index contributed by atoms with van der Waals surface area (Å²) in [6, 6.07) is 11.0. The molecule has 0 spiro atoms. The summed E-state index contributed by atoms with van der Waals surface area (Å²) in [6.45, 7) is 4.69. The van der Waals surface area contributed by atoms with Gasteiger partial charge in [-0.05, 0) is 49.6 Å². The van der Waals surface area contributed by atoms with Crippen molar-refractivity contribution in [3.63, 3.8) is 0 Å². The number of hydrogen-bond donors (Lipinski definition) is 2. The number of hydrogen-bond acceptors (Lipinski definition) is 4. The fourth-order valence-electron chi connectivity index (χ4n) is 4.02. The molecule has 2 N–H and O–H groups in total. The number of amides is 2. The van der Waals surface area contributed by atoms with Crippen LogP contribution in [0.2, 0.25) is 0 Å². The van der Waals surface area contributed by atoms with Crippen molar-refractivity contribution < 1.29 is 14.0 Å². The molecule has 2 bridgehead atoms. The molecule has 2 fully saturated rings. The molecule has 2 aliphatic rings. The van der Waals surface area contributed by atoms with Crippen molar-refractivity contribution in [3.8, 4) is 11.3 Å². The second-order valence-electron chi connectivity index (χ2n) is 7.21. The average Bonchev–Trinajstić information content (AvgIpc) is 3.22. The average molecular weight is 353 g/mol. The lowest BCUT2D eigenvalue weighted by Crippen LogP contribution is -2.46. The van der Waals surface area contributed by atoms with E-state index in [2.05, 4.69) is 15.5 Å². The van der Waals surface area contributed by atoms with Gasteiger partial charge >= 0.3 is 0 Å². The Morgan fingerprint density at radius 1 is 1.15 bits per heavy atom. The van der Waals surface area contributed by atoms with Crippen LogP contribution in [-0.4, -0.2) is 42.4 Å². The van der Waals surface area contributed by atoms with E-state index in [4.69, 9.17) is 4.42 Å². The fraction of sp³-hybridized carbons (Fsp3) is 0.400. The van der Waals surface area contributed by atoms with Crippen molar-refractivity contribution in [1.82, 2.24) is 10.2 Å². The smallest absolute Gasteiger partial charge is 0.287 e. The largest absolute Gasteiger partial charge is 0.451 e. The van der Waals surface area contributed by atoms with Gasteiger partial charge in [-0.25, -0.2) is 0 Å². The van der Waals surface area contributed by atoms with E-state index in [1.165, 1.54) is 13.3 Å². The quantitative estimate of drug-likeness (QED) is 0.886. The summed E-state index contributed by atoms with van der Waals surface area (Å²) in [5.74, 6) is 1.23. The SMILES string of the molecule is CC(=O)Nc1ccccc1-c1ccc(C(=O)N[C@@H]2C[C@@H]3CCN(C3)C2)o1. The Hall–Kier alpha value is -2.60. The number of nitrogens with one attached hydrogen (secondary N) is 2. The molecule has 2 saturated heterocycles. The highest BCUT2D eigenvalue weighted by Gasteiger charge is 2.33. The molecule has 0 radical (unpaired) electrons. The zero-order valence-electron chi connectivity index (χ0n) is 14.8. The summed E-state index contributed by atoms with van der Waals surface area (Å²) in [5, 5.41) is 5.89. The van der Waals surface area contributed by atoms with Gasteiger partial charge in [-0.15, -0.1) is 0 Å². The van der Waals surface area contributed by atoms with Gasteiger partial charge in [0.05, 0.1) is 5.69 Å². The second-order valence-corrected chi connectivity index (χ2v) is 7.21. The van der Waals surface area contributed by atoms with Gasteiger partial charge in [0.25, 0.3) is 5.91 Å². The van der Waals surface area contributed by atoms with E-state index in [1.54, 1.807) is 12.1 Å². The standard InChI is InChI=1S/C20H23N3O3/c1-13(24)21-17-5-3-2-4-16(17)18-6-7-19(26-18)20(25)22-15-10-14-8-9-23(11-14)12-15/h2-7,14-15H,8-12H2,1H3,(H,21,24)(H,22,25)/t14-,15+/m0/s1. The van der Waals surface area contributed by atoms with Crippen molar-refractivity contribution in [2.45, 2.75) is 25.8 Å². The molecule has 6 heteroatoms. The van der Waals surface area contributed by atoms with Crippen LogP contribution in [0.1, 0.15) is 30.3 Å². The molecule has 0 saturated carbocycles. The minimum absolute atomic E-state index is 0.149. The number of para-hydroxylation sites is 1. The van der Waals surface area contributed by atoms with E-state index in [-0.39, 0.29) is 17.9 Å². The third kappa shape index (κ3) is 3.51. The number of piperidine rings is 1. The van der Waals surface area contributed by atoms with E-state index < -0.39 is 0 Å². The molecule has 1 aromatic carbocycles. The van der Waals surface area contributed by atoms with Crippen LogP contribution in [0, 0.1) is 5.92 Å². The molecule has 26 heavy (non-hydrogen) atoms. The summed E-state index contributed by atoms with van der Waals surface area (Å²) >= 11 is 0. The number of fused-ring (bicyclic) bond motifs is 2. The first kappa shape index (κ1) is 16.8. The Labute approximate surface area is 152 Å². The normalized spacial score (nSPS) is 24.3. The zero-order chi connectivity index (χ0) is 18.1. The van der Waals surface area contributed by atoms with Gasteiger partial charge in [0, 0.05) is 31.6 Å². The lowest BCUT2D eigenvalue weighted by atomic mass is 9.97. The van der Waals surface area contributed by atoms with Gasteiger partial charge < -0.3 is 20.0 Å². The van der Waals surface area contributed by atoms with Crippen LogP contribution < -0.4 is 10.6 Å². The highest BCUT2D eigenvalue weighted by molar-refractivity contribution is 5.95. The van der Waals surface area contributed by atoms with Crippen LogP contribution >= 0.6 is 0 Å². The minimum Gasteiger partial charge on any atom is -0.451 e. The molecule has 1 aromatic heterocycles. The molecule has 2 aliphatic heterocycles. The van der Waals surface area contributed by atoms with Crippen molar-refractivity contribution in [2.75, 3.05) is 25.0 Å². The van der Waals surface area contributed by atoms with Crippen molar-refractivity contribution in [3.05, 3.63) is 42.2 Å². The van der Waals surface area contributed by atoms with Gasteiger partial charge in [-0.2, -0.15) is 0 Å². The molecular formula is C20H23N3O3. The van der Waals surface area contributed by atoms with Gasteiger partial charge in [-0.1, -0.05) is 12.1 Å². The highest BCUT2D eigenvalue weighted by Crippen LogP contribution is 2.30. The summed E-state index contributed by atoms with van der Waals surface area (Å²) < 4.78 is 5.79. The lowest BCUT2D eigenvalue weighted by Gasteiger charge is -2.30. The van der Waals surface area contributed by atoms with E-state index in [0.717, 1.165) is 31.6 Å². The summed E-state index contributed by atoms with van der Waals surface area (Å²) in [5.41, 5.74) is 1.42. The van der Waals surface area contributed by atoms with E-state index in [0.29, 0.717) is 23.1 Å². The number of carbonyl (C=O) groups is 2. The molecule has 136 valence electrons. The van der Waals surface area contributed by atoms with Gasteiger partial charge in [0.1, 0.15) is 5.76 Å². The van der Waals surface area contributed by atoms with Gasteiger partial charge in [-0.3, -0.25) is 9.59 Å². The number of rotatable bonds is 4. The minimum atomic E-state index is -0.180. The fourth-order valence-corrected chi connectivity index (χ4v) is 4.02.